The van der Waals surface area contributed by atoms with Crippen LogP contribution in [0.15, 0.2) is 42.6 Å². The molecule has 0 bridgehead atoms. The van der Waals surface area contributed by atoms with E-state index in [1.165, 1.54) is 19.3 Å². The fraction of sp³-hybridized carbons (Fsp3) is 0.333. The summed E-state index contributed by atoms with van der Waals surface area (Å²) in [5, 5.41) is 2.84. The molecule has 5 heteroatoms. The highest BCUT2D eigenvalue weighted by Crippen LogP contribution is 2.19. The molecule has 1 aliphatic heterocycles. The number of nitrogens with one attached hydrogen (secondary N) is 1. The molecule has 1 amide bonds. The molecule has 23 heavy (non-hydrogen) atoms. The van der Waals surface area contributed by atoms with Crippen LogP contribution in [0.4, 0.5) is 11.4 Å². The Kier molecular flexibility index (Phi) is 4.76. The Morgan fingerprint density at radius 1 is 1.09 bits per heavy atom. The number of ether oxygens (including phenoxy) is 1. The average molecular weight is 311 g/mol. The molecule has 3 rings (SSSR count). The number of pyridine rings is 1. The van der Waals surface area contributed by atoms with Crippen LogP contribution in [0.3, 0.4) is 0 Å². The summed E-state index contributed by atoms with van der Waals surface area (Å²) in [6, 6.07) is 11.0. The van der Waals surface area contributed by atoms with Gasteiger partial charge >= 0.3 is 0 Å². The van der Waals surface area contributed by atoms with E-state index in [0.717, 1.165) is 30.2 Å². The van der Waals surface area contributed by atoms with Crippen molar-refractivity contribution < 1.29 is 9.53 Å². The van der Waals surface area contributed by atoms with Gasteiger partial charge in [0.25, 0.3) is 5.91 Å². The summed E-state index contributed by atoms with van der Waals surface area (Å²) in [4.78, 5) is 18.9. The van der Waals surface area contributed by atoms with E-state index < -0.39 is 0 Å². The minimum absolute atomic E-state index is 0.208. The van der Waals surface area contributed by atoms with Gasteiger partial charge in [-0.2, -0.15) is 0 Å². The molecule has 0 saturated carbocycles. The number of amides is 1. The Hall–Kier alpha value is -2.56. The molecule has 0 atom stereocenters. The van der Waals surface area contributed by atoms with E-state index in [4.69, 9.17) is 4.74 Å². The number of nitrogens with zero attached hydrogens (tertiary/aromatic N) is 2. The van der Waals surface area contributed by atoms with Crippen molar-refractivity contribution in [3.63, 3.8) is 0 Å². The number of hydrogen-bond acceptors (Lipinski definition) is 4. The molecule has 1 saturated heterocycles. The third-order valence-corrected chi connectivity index (χ3v) is 4.05. The molecular formula is C18H21N3O2. The molecule has 1 N–H and O–H groups in total. The molecule has 2 heterocycles. The summed E-state index contributed by atoms with van der Waals surface area (Å²) in [5.74, 6) is 0.548. The van der Waals surface area contributed by atoms with Gasteiger partial charge in [-0.3, -0.25) is 4.79 Å². The first-order valence-electron chi connectivity index (χ1n) is 7.93. The largest absolute Gasteiger partial charge is 0.497 e. The summed E-state index contributed by atoms with van der Waals surface area (Å²) >= 11 is 0. The minimum Gasteiger partial charge on any atom is -0.497 e. The van der Waals surface area contributed by atoms with Crippen molar-refractivity contribution in [1.29, 1.82) is 0 Å². The van der Waals surface area contributed by atoms with E-state index in [-0.39, 0.29) is 5.91 Å². The smallest absolute Gasteiger partial charge is 0.274 e. The number of aromatic nitrogens is 1. The number of methoxy groups -OCH3 is 1. The second-order valence-corrected chi connectivity index (χ2v) is 5.63. The van der Waals surface area contributed by atoms with Crippen molar-refractivity contribution in [2.75, 3.05) is 30.4 Å². The molecule has 0 spiro atoms. The monoisotopic (exact) mass is 311 g/mol. The van der Waals surface area contributed by atoms with Gasteiger partial charge in [0.05, 0.1) is 19.0 Å². The van der Waals surface area contributed by atoms with E-state index in [1.807, 2.05) is 18.2 Å². The first-order valence-corrected chi connectivity index (χ1v) is 7.93. The van der Waals surface area contributed by atoms with Crippen LogP contribution in [-0.4, -0.2) is 31.1 Å². The van der Waals surface area contributed by atoms with Crippen LogP contribution >= 0.6 is 0 Å². The lowest BCUT2D eigenvalue weighted by Crippen LogP contribution is -2.29. The summed E-state index contributed by atoms with van der Waals surface area (Å²) in [5.41, 5.74) is 2.23. The lowest BCUT2D eigenvalue weighted by Gasteiger charge is -2.28. The zero-order valence-electron chi connectivity index (χ0n) is 13.3. The number of anilines is 2. The van der Waals surface area contributed by atoms with Crippen LogP contribution in [0.1, 0.15) is 29.8 Å². The summed E-state index contributed by atoms with van der Waals surface area (Å²) in [6.07, 6.45) is 5.53. The maximum atomic E-state index is 12.2. The summed E-state index contributed by atoms with van der Waals surface area (Å²) in [6.45, 7) is 2.14. The van der Waals surface area contributed by atoms with Crippen LogP contribution in [0.2, 0.25) is 0 Å². The molecule has 5 nitrogen and oxygen atoms in total. The molecule has 1 aromatic carbocycles. The maximum absolute atomic E-state index is 12.2. The molecule has 0 unspecified atom stereocenters. The molecule has 1 aromatic heterocycles. The van der Waals surface area contributed by atoms with Gasteiger partial charge in [0.15, 0.2) is 0 Å². The number of benzene rings is 1. The Balaban J connectivity index is 1.64. The quantitative estimate of drug-likeness (QED) is 0.941. The fourth-order valence-electron chi connectivity index (χ4n) is 2.73. The summed E-state index contributed by atoms with van der Waals surface area (Å²) in [7, 11) is 1.61. The minimum atomic E-state index is -0.208. The van der Waals surface area contributed by atoms with Crippen molar-refractivity contribution in [2.24, 2.45) is 0 Å². The van der Waals surface area contributed by atoms with Crippen molar-refractivity contribution in [3.05, 3.63) is 48.3 Å². The number of piperidine rings is 1. The Labute approximate surface area is 136 Å². The Morgan fingerprint density at radius 3 is 2.43 bits per heavy atom. The normalized spacial score (nSPS) is 14.4. The SMILES string of the molecule is COc1ccc(NC(=O)c2ccc(N3CCCCC3)cn2)cc1. The number of hydrogen-bond donors (Lipinski definition) is 1. The molecular weight excluding hydrogens is 290 g/mol. The molecule has 2 aromatic rings. The van der Waals surface area contributed by atoms with E-state index in [2.05, 4.69) is 15.2 Å². The van der Waals surface area contributed by atoms with Crippen LogP contribution in [0, 0.1) is 0 Å². The third kappa shape index (κ3) is 3.80. The zero-order chi connectivity index (χ0) is 16.1. The van der Waals surface area contributed by atoms with Crippen LogP contribution in [0.25, 0.3) is 0 Å². The van der Waals surface area contributed by atoms with E-state index >= 15 is 0 Å². The first kappa shape index (κ1) is 15.3. The highest BCUT2D eigenvalue weighted by Gasteiger charge is 2.13. The first-order chi connectivity index (χ1) is 11.3. The maximum Gasteiger partial charge on any atom is 0.274 e. The second-order valence-electron chi connectivity index (χ2n) is 5.63. The highest BCUT2D eigenvalue weighted by molar-refractivity contribution is 6.02. The third-order valence-electron chi connectivity index (χ3n) is 4.05. The van der Waals surface area contributed by atoms with E-state index in [1.54, 1.807) is 31.5 Å². The van der Waals surface area contributed by atoms with Crippen molar-refractivity contribution in [3.8, 4) is 5.75 Å². The van der Waals surface area contributed by atoms with Gasteiger partial charge in [0.2, 0.25) is 0 Å². The summed E-state index contributed by atoms with van der Waals surface area (Å²) < 4.78 is 5.10. The van der Waals surface area contributed by atoms with Crippen LogP contribution in [-0.2, 0) is 0 Å². The number of rotatable bonds is 4. The Morgan fingerprint density at radius 2 is 1.83 bits per heavy atom. The predicted octanol–water partition coefficient (Wildman–Crippen LogP) is 3.33. The zero-order valence-corrected chi connectivity index (χ0v) is 13.3. The number of carbonyl (C=O) groups is 1. The van der Waals surface area contributed by atoms with Gasteiger partial charge in [-0.25, -0.2) is 4.98 Å². The fourth-order valence-corrected chi connectivity index (χ4v) is 2.73. The van der Waals surface area contributed by atoms with Gasteiger partial charge in [0.1, 0.15) is 11.4 Å². The standard InChI is InChI=1S/C18H21N3O2/c1-23-16-8-5-14(6-9-16)20-18(22)17-10-7-15(13-19-17)21-11-3-2-4-12-21/h5-10,13H,2-4,11-12H2,1H3,(H,20,22). The predicted molar refractivity (Wildman–Crippen MR) is 91.2 cm³/mol. The topological polar surface area (TPSA) is 54.5 Å². The van der Waals surface area contributed by atoms with Crippen LogP contribution < -0.4 is 15.0 Å². The molecule has 0 aliphatic carbocycles. The molecule has 1 aliphatic rings. The lowest BCUT2D eigenvalue weighted by molar-refractivity contribution is 0.102. The lowest BCUT2D eigenvalue weighted by atomic mass is 10.1. The van der Waals surface area contributed by atoms with Gasteiger partial charge in [-0.1, -0.05) is 0 Å². The van der Waals surface area contributed by atoms with E-state index in [9.17, 15) is 4.79 Å². The van der Waals surface area contributed by atoms with Gasteiger partial charge in [0, 0.05) is 18.8 Å². The van der Waals surface area contributed by atoms with Gasteiger partial charge < -0.3 is 15.0 Å². The Bertz CT molecular complexity index is 647. The van der Waals surface area contributed by atoms with Crippen LogP contribution in [0.5, 0.6) is 5.75 Å². The van der Waals surface area contributed by atoms with E-state index in [0.29, 0.717) is 5.69 Å². The molecule has 1 fully saturated rings. The average Bonchev–Trinajstić information content (AvgIpc) is 2.63. The van der Waals surface area contributed by atoms with Gasteiger partial charge in [-0.05, 0) is 55.7 Å². The molecule has 0 radical (unpaired) electrons. The second kappa shape index (κ2) is 7.13. The van der Waals surface area contributed by atoms with Gasteiger partial charge in [-0.15, -0.1) is 0 Å². The van der Waals surface area contributed by atoms with Crippen molar-refractivity contribution >= 4 is 17.3 Å². The highest BCUT2D eigenvalue weighted by atomic mass is 16.5. The van der Waals surface area contributed by atoms with Crippen molar-refractivity contribution in [1.82, 2.24) is 4.98 Å². The number of carbonyl (C=O) groups excluding carboxylic acids is 1. The van der Waals surface area contributed by atoms with Crippen molar-refractivity contribution in [2.45, 2.75) is 19.3 Å². The molecule has 120 valence electrons.